The number of pyridine rings is 2. The van der Waals surface area contributed by atoms with Crippen LogP contribution in [0.15, 0.2) is 24.5 Å². The molecule has 2 fully saturated rings. The molecular weight excluding hydrogens is 743 g/mol. The van der Waals surface area contributed by atoms with Gasteiger partial charge < -0.3 is 33.7 Å². The molecule has 3 N–H and O–H groups in total. The number of ether oxygens (including phenoxy) is 5. The average Bonchev–Trinajstić information content (AvgIpc) is 3.68. The molecule has 4 amide bonds. The van der Waals surface area contributed by atoms with Gasteiger partial charge >= 0.3 is 24.4 Å². The van der Waals surface area contributed by atoms with E-state index >= 15 is 4.39 Å². The predicted octanol–water partition coefficient (Wildman–Crippen LogP) is 8.10. The van der Waals surface area contributed by atoms with Crippen molar-refractivity contribution in [3.8, 4) is 17.0 Å². The summed E-state index contributed by atoms with van der Waals surface area (Å²) in [4.78, 5) is 63.0. The van der Waals surface area contributed by atoms with Crippen LogP contribution in [0.5, 0.6) is 5.88 Å². The van der Waals surface area contributed by atoms with Crippen molar-refractivity contribution in [3.05, 3.63) is 35.9 Å². The maximum Gasteiger partial charge on any atom is 0.413 e. The van der Waals surface area contributed by atoms with Crippen LogP contribution in [0.2, 0.25) is 0 Å². The second kappa shape index (κ2) is 14.8. The van der Waals surface area contributed by atoms with E-state index in [-0.39, 0.29) is 52.8 Å². The number of rotatable bonds is 4. The molecule has 0 bridgehead atoms. The summed E-state index contributed by atoms with van der Waals surface area (Å²) in [6, 6.07) is 2.42. The highest BCUT2D eigenvalue weighted by Gasteiger charge is 2.49. The molecule has 0 radical (unpaired) electrons. The lowest BCUT2D eigenvalue weighted by Gasteiger charge is -2.42. The standard InChI is InChI=1S/C40H51FN6O10/c1-21-25(16-43-32-31(21)47(35(50)51)27(19-53-32)37(2,3)4)24-13-22-14-28(42-17-26(22)30(29(24)41)45-34(49)56-38(5,6)7)44-33(48)55-23-15-40(54-18-23)11-12-46(20-40)36(52)57-39(8,9)10/h13-14,16-17,23,27H,11-12,15,18-20H2,1-10H3,(H,45,49)(H,50,51)(H,42,44,48). The molecule has 5 heterocycles. The highest BCUT2D eigenvalue weighted by atomic mass is 19.1. The second-order valence-corrected chi connectivity index (χ2v) is 17.8. The molecule has 57 heavy (non-hydrogen) atoms. The van der Waals surface area contributed by atoms with Crippen molar-refractivity contribution in [1.82, 2.24) is 14.9 Å². The van der Waals surface area contributed by atoms with Crippen LogP contribution in [0, 0.1) is 18.2 Å². The fourth-order valence-electron chi connectivity index (χ4n) is 7.32. The van der Waals surface area contributed by atoms with Crippen LogP contribution in [0.3, 0.4) is 0 Å². The van der Waals surface area contributed by atoms with E-state index in [1.54, 1.807) is 53.4 Å². The van der Waals surface area contributed by atoms with E-state index in [4.69, 9.17) is 23.7 Å². The lowest BCUT2D eigenvalue weighted by molar-refractivity contribution is -0.00145. The molecule has 6 rings (SSSR count). The third-order valence-corrected chi connectivity index (χ3v) is 9.93. The first-order chi connectivity index (χ1) is 26.4. The van der Waals surface area contributed by atoms with Crippen molar-refractivity contribution in [2.45, 2.75) is 111 Å². The summed E-state index contributed by atoms with van der Waals surface area (Å²) in [6.45, 7) is 18.7. The van der Waals surface area contributed by atoms with E-state index in [2.05, 4.69) is 20.6 Å². The van der Waals surface area contributed by atoms with Crippen molar-refractivity contribution < 1.29 is 52.4 Å². The van der Waals surface area contributed by atoms with Crippen LogP contribution < -0.4 is 20.3 Å². The third-order valence-electron chi connectivity index (χ3n) is 9.93. The molecule has 1 aromatic carbocycles. The number of aromatic nitrogens is 2. The highest BCUT2D eigenvalue weighted by Crippen LogP contribution is 2.45. The van der Waals surface area contributed by atoms with Gasteiger partial charge in [0.15, 0.2) is 5.82 Å². The van der Waals surface area contributed by atoms with Crippen molar-refractivity contribution in [2.24, 2.45) is 5.41 Å². The molecule has 3 aliphatic rings. The molecular formula is C40H51FN6O10. The number of benzene rings is 1. The molecule has 17 heteroatoms. The summed E-state index contributed by atoms with van der Waals surface area (Å²) in [5.41, 5.74) is -2.18. The maximum absolute atomic E-state index is 16.8. The molecule has 3 unspecified atom stereocenters. The SMILES string of the molecule is Cc1c(-c2cc3cc(NC(=O)OC4COC5(CCN(C(=O)OC(C)(C)C)C5)C4)ncc3c(NC(=O)OC(C)(C)C)c2F)cnc2c1N(C(=O)O)C(C(C)(C)C)CO2. The van der Waals surface area contributed by atoms with Crippen LogP contribution in [-0.4, -0.2) is 99.6 Å². The van der Waals surface area contributed by atoms with E-state index in [1.807, 2.05) is 20.8 Å². The Bertz CT molecular complexity index is 2110. The smallest absolute Gasteiger partial charge is 0.413 e. The Kier molecular flexibility index (Phi) is 10.7. The number of likely N-dealkylation sites (tertiary alicyclic amines) is 1. The molecule has 16 nitrogen and oxygen atoms in total. The second-order valence-electron chi connectivity index (χ2n) is 17.8. The Morgan fingerprint density at radius 1 is 0.930 bits per heavy atom. The zero-order valence-electron chi connectivity index (χ0n) is 34.0. The number of nitrogens with one attached hydrogen (secondary N) is 2. The lowest BCUT2D eigenvalue weighted by Crippen LogP contribution is -2.53. The van der Waals surface area contributed by atoms with E-state index in [0.717, 1.165) is 0 Å². The number of nitrogens with zero attached hydrogens (tertiary/aromatic N) is 4. The zero-order valence-corrected chi connectivity index (χ0v) is 34.0. The molecule has 3 aromatic rings. The molecule has 308 valence electrons. The first-order valence-corrected chi connectivity index (χ1v) is 18.8. The molecule has 2 aromatic heterocycles. The van der Waals surface area contributed by atoms with Gasteiger partial charge in [-0.25, -0.2) is 33.5 Å². The first-order valence-electron chi connectivity index (χ1n) is 18.8. The van der Waals surface area contributed by atoms with Gasteiger partial charge in [0.1, 0.15) is 35.4 Å². The predicted molar refractivity (Wildman–Crippen MR) is 208 cm³/mol. The van der Waals surface area contributed by atoms with Crippen LogP contribution in [-0.2, 0) is 18.9 Å². The fraction of sp³-hybridized carbons (Fsp3) is 0.550. The van der Waals surface area contributed by atoms with E-state index in [9.17, 15) is 24.3 Å². The Labute approximate surface area is 330 Å². The van der Waals surface area contributed by atoms with Crippen molar-refractivity contribution in [1.29, 1.82) is 0 Å². The number of fused-ring (bicyclic) bond motifs is 2. The first kappa shape index (κ1) is 41.2. The summed E-state index contributed by atoms with van der Waals surface area (Å²) in [5.74, 6) is -0.690. The number of halogens is 1. The van der Waals surface area contributed by atoms with E-state index < -0.39 is 64.6 Å². The fourth-order valence-corrected chi connectivity index (χ4v) is 7.32. The number of amides is 4. The van der Waals surface area contributed by atoms with E-state index in [0.29, 0.717) is 36.9 Å². The summed E-state index contributed by atoms with van der Waals surface area (Å²) in [5, 5.41) is 16.1. The van der Waals surface area contributed by atoms with Gasteiger partial charge in [-0.1, -0.05) is 20.8 Å². The van der Waals surface area contributed by atoms with Gasteiger partial charge in [0.25, 0.3) is 0 Å². The lowest BCUT2D eigenvalue weighted by atomic mass is 9.85. The number of carbonyl (C=O) groups is 4. The van der Waals surface area contributed by atoms with Gasteiger partial charge in [0, 0.05) is 41.9 Å². The van der Waals surface area contributed by atoms with Crippen molar-refractivity contribution in [2.75, 3.05) is 41.8 Å². The Morgan fingerprint density at radius 2 is 1.63 bits per heavy atom. The molecule has 0 saturated carbocycles. The molecule has 0 aliphatic carbocycles. The molecule has 3 atom stereocenters. The van der Waals surface area contributed by atoms with Gasteiger partial charge in [0.05, 0.1) is 30.5 Å². The average molecular weight is 795 g/mol. The van der Waals surface area contributed by atoms with Gasteiger partial charge in [-0.3, -0.25) is 15.5 Å². The summed E-state index contributed by atoms with van der Waals surface area (Å²) >= 11 is 0. The van der Waals surface area contributed by atoms with Crippen molar-refractivity contribution >= 4 is 52.3 Å². The van der Waals surface area contributed by atoms with Crippen molar-refractivity contribution in [3.63, 3.8) is 0 Å². The monoisotopic (exact) mass is 794 g/mol. The van der Waals surface area contributed by atoms with Gasteiger partial charge in [-0.2, -0.15) is 0 Å². The Balaban J connectivity index is 1.29. The Morgan fingerprint density at radius 3 is 2.28 bits per heavy atom. The summed E-state index contributed by atoms with van der Waals surface area (Å²) < 4.78 is 45.4. The summed E-state index contributed by atoms with van der Waals surface area (Å²) in [7, 11) is 0. The van der Waals surface area contributed by atoms with Crippen LogP contribution in [0.25, 0.3) is 21.9 Å². The number of carbonyl (C=O) groups excluding carboxylic acids is 3. The quantitative estimate of drug-likeness (QED) is 0.216. The minimum atomic E-state index is -1.22. The van der Waals surface area contributed by atoms with Gasteiger partial charge in [-0.15, -0.1) is 0 Å². The third kappa shape index (κ3) is 8.92. The van der Waals surface area contributed by atoms with Crippen LogP contribution >= 0.6 is 0 Å². The van der Waals surface area contributed by atoms with Crippen LogP contribution in [0.4, 0.5) is 40.8 Å². The van der Waals surface area contributed by atoms with Crippen LogP contribution in [0.1, 0.15) is 80.7 Å². The van der Waals surface area contributed by atoms with E-state index in [1.165, 1.54) is 29.4 Å². The molecule has 1 spiro atoms. The minimum absolute atomic E-state index is 0.0188. The Hall–Kier alpha value is -5.45. The number of hydrogen-bond donors (Lipinski definition) is 3. The number of carboxylic acid groups (broad SMARTS) is 1. The largest absolute Gasteiger partial charge is 0.474 e. The summed E-state index contributed by atoms with van der Waals surface area (Å²) in [6.07, 6.45) is -0.334. The maximum atomic E-state index is 16.8. The number of hydrogen-bond acceptors (Lipinski definition) is 11. The highest BCUT2D eigenvalue weighted by molar-refractivity contribution is 6.05. The normalized spacial score (nSPS) is 20.9. The molecule has 3 aliphatic heterocycles. The molecule has 2 saturated heterocycles. The number of anilines is 3. The van der Waals surface area contributed by atoms with Gasteiger partial charge in [-0.05, 0) is 83.4 Å². The van der Waals surface area contributed by atoms with Gasteiger partial charge in [0.2, 0.25) is 5.88 Å². The zero-order chi connectivity index (χ0) is 41.8. The topological polar surface area (TPSA) is 191 Å². The minimum Gasteiger partial charge on any atom is -0.474 e.